The highest BCUT2D eigenvalue weighted by Crippen LogP contribution is 2.47. The fourth-order valence-corrected chi connectivity index (χ4v) is 13.1. The monoisotopic (exact) mass is 1050 g/mol. The number of carbonyl (C=O) groups is 3. The number of aromatic nitrogens is 2. The highest BCUT2D eigenvalue weighted by Gasteiger charge is 2.48. The van der Waals surface area contributed by atoms with Crippen LogP contribution in [0.2, 0.25) is 0 Å². The van der Waals surface area contributed by atoms with Crippen molar-refractivity contribution in [2.24, 2.45) is 35.5 Å². The van der Waals surface area contributed by atoms with E-state index in [0.29, 0.717) is 36.9 Å². The van der Waals surface area contributed by atoms with Crippen LogP contribution in [-0.2, 0) is 32.3 Å². The van der Waals surface area contributed by atoms with Gasteiger partial charge in [0.05, 0.1) is 43.0 Å². The molecule has 4 heterocycles. The zero-order chi connectivity index (χ0) is 49.2. The average molecular weight is 1050 g/mol. The number of hydrogen-bond donors (Lipinski definition) is 1. The van der Waals surface area contributed by atoms with Crippen molar-refractivity contribution in [2.45, 2.75) is 66.6 Å². The van der Waals surface area contributed by atoms with Gasteiger partial charge in [-0.05, 0) is 148 Å². The molecule has 0 radical (unpaired) electrons. The molecule has 2 saturated heterocycles. The van der Waals surface area contributed by atoms with Crippen molar-refractivity contribution in [3.8, 4) is 34.0 Å². The third-order valence-electron chi connectivity index (χ3n) is 14.6. The van der Waals surface area contributed by atoms with Gasteiger partial charge in [-0.25, -0.2) is 14.8 Å². The van der Waals surface area contributed by atoms with Crippen LogP contribution in [0.4, 0.5) is 10.3 Å². The van der Waals surface area contributed by atoms with E-state index in [9.17, 15) is 19.5 Å². The second-order valence-electron chi connectivity index (χ2n) is 19.2. The number of methoxy groups -OCH3 is 2. The number of carboxylic acid groups (broad SMARTS) is 1. The molecule has 0 amide bonds. The Morgan fingerprint density at radius 1 is 0.614 bits per heavy atom. The van der Waals surface area contributed by atoms with Crippen LogP contribution in [0.1, 0.15) is 69.4 Å². The molecule has 15 heteroatoms. The second kappa shape index (κ2) is 21.3. The summed E-state index contributed by atoms with van der Waals surface area (Å²) in [5.74, 6) is 1.91. The largest absolute Gasteiger partial charge is 0.488 e. The molecule has 2 saturated carbocycles. The number of benzene rings is 4. The summed E-state index contributed by atoms with van der Waals surface area (Å²) in [6, 6.07) is 23.7. The average Bonchev–Trinajstić information content (AvgIpc) is 4.15. The Bertz CT molecular complexity index is 2870. The Morgan fingerprint density at radius 2 is 1.04 bits per heavy atom. The van der Waals surface area contributed by atoms with Crippen molar-refractivity contribution in [3.63, 3.8) is 0 Å². The smallest absolute Gasteiger partial charge is 0.335 e. The fraction of sp³-hybridized carbons (Fsp3) is 0.400. The van der Waals surface area contributed by atoms with Gasteiger partial charge in [-0.3, -0.25) is 9.59 Å². The molecule has 1 N–H and O–H groups in total. The highest BCUT2D eigenvalue weighted by atomic mass is 79.9. The number of piperidine rings is 2. The summed E-state index contributed by atoms with van der Waals surface area (Å²) in [7, 11) is 2.98. The minimum atomic E-state index is -0.937. The standard InChI is InChI=1S/C28H30N2O5S.C27H29BrN2O3S/c1-16-4-9-24(35-14-21-8-5-18(26(31)32)11-17(21)2)22(10-16)23-15-36-28(29-23)30-12-19-6-7-20(13-30)25(19)27(33)34-3;1-16-4-9-24(33-14-20-7-8-21(28)11-17(20)2)22(10-16)23-15-34-27(29-23)30-12-18-5-6-19(13-30)25(18)26(31)32-3/h4-5,8-11,15,19-20,25H,6-7,12-14H2,1-3H3,(H,31,32);4,7-11,15,18-19,25H,5-6,12-14H2,1-3H3. The molecule has 10 rings (SSSR count). The molecule has 70 heavy (non-hydrogen) atoms. The number of thiazole rings is 2. The molecule has 2 aliphatic heterocycles. The summed E-state index contributed by atoms with van der Waals surface area (Å²) in [4.78, 5) is 50.4. The summed E-state index contributed by atoms with van der Waals surface area (Å²) in [5.41, 5.74) is 10.5. The van der Waals surface area contributed by atoms with E-state index in [1.54, 1.807) is 40.9 Å². The predicted molar refractivity (Wildman–Crippen MR) is 278 cm³/mol. The van der Waals surface area contributed by atoms with E-state index in [2.05, 4.69) is 80.7 Å². The van der Waals surface area contributed by atoms with Gasteiger partial charge in [-0.1, -0.05) is 51.3 Å². The van der Waals surface area contributed by atoms with Crippen molar-refractivity contribution in [1.29, 1.82) is 0 Å². The molecule has 4 fully saturated rings. The lowest BCUT2D eigenvalue weighted by Gasteiger charge is -2.36. The predicted octanol–water partition coefficient (Wildman–Crippen LogP) is 11.7. The first-order chi connectivity index (χ1) is 33.8. The Kier molecular flexibility index (Phi) is 15.0. The van der Waals surface area contributed by atoms with Gasteiger partial charge < -0.3 is 33.9 Å². The molecule has 366 valence electrons. The topological polar surface area (TPSA) is 141 Å². The fourth-order valence-electron chi connectivity index (χ4n) is 10.9. The Hall–Kier alpha value is -5.77. The first kappa shape index (κ1) is 49.2. The summed E-state index contributed by atoms with van der Waals surface area (Å²) in [6.45, 7) is 12.4. The van der Waals surface area contributed by atoms with E-state index < -0.39 is 5.97 Å². The van der Waals surface area contributed by atoms with Crippen molar-refractivity contribution in [2.75, 3.05) is 50.2 Å². The maximum Gasteiger partial charge on any atom is 0.335 e. The van der Waals surface area contributed by atoms with Crippen LogP contribution in [0.25, 0.3) is 22.5 Å². The maximum absolute atomic E-state index is 12.3. The summed E-state index contributed by atoms with van der Waals surface area (Å²) >= 11 is 6.82. The molecule has 6 aromatic rings. The van der Waals surface area contributed by atoms with E-state index in [0.717, 1.165) is 123 Å². The van der Waals surface area contributed by atoms with E-state index in [1.807, 2.05) is 38.1 Å². The van der Waals surface area contributed by atoms with Crippen LogP contribution in [-0.4, -0.2) is 73.4 Å². The molecule has 2 aliphatic carbocycles. The van der Waals surface area contributed by atoms with Crippen LogP contribution in [0.3, 0.4) is 0 Å². The van der Waals surface area contributed by atoms with Crippen LogP contribution >= 0.6 is 38.6 Å². The number of anilines is 2. The lowest BCUT2D eigenvalue weighted by atomic mass is 9.85. The number of carboxylic acids is 1. The van der Waals surface area contributed by atoms with Crippen molar-refractivity contribution in [3.05, 3.63) is 127 Å². The third-order valence-corrected chi connectivity index (χ3v) is 16.9. The molecular formula is C55H59BrN4O8S2. The second-order valence-corrected chi connectivity index (χ2v) is 21.8. The summed E-state index contributed by atoms with van der Waals surface area (Å²) in [5, 5.41) is 15.4. The molecule has 4 unspecified atom stereocenters. The van der Waals surface area contributed by atoms with Crippen LogP contribution in [0.15, 0.2) is 88.0 Å². The van der Waals surface area contributed by atoms with Gasteiger partial charge in [0.25, 0.3) is 0 Å². The Labute approximate surface area is 426 Å². The zero-order valence-electron chi connectivity index (χ0n) is 40.4. The van der Waals surface area contributed by atoms with E-state index in [4.69, 9.17) is 28.9 Å². The minimum absolute atomic E-state index is 0.00970. The number of fused-ring (bicyclic) bond motifs is 4. The van der Waals surface area contributed by atoms with Gasteiger partial charge in [0.2, 0.25) is 0 Å². The van der Waals surface area contributed by atoms with Crippen LogP contribution in [0.5, 0.6) is 11.5 Å². The van der Waals surface area contributed by atoms with Gasteiger partial charge in [-0.2, -0.15) is 0 Å². The van der Waals surface area contributed by atoms with Crippen molar-refractivity contribution >= 4 is 66.8 Å². The molecule has 2 aromatic heterocycles. The number of rotatable bonds is 13. The highest BCUT2D eigenvalue weighted by molar-refractivity contribution is 9.10. The lowest BCUT2D eigenvalue weighted by Crippen LogP contribution is -2.45. The summed E-state index contributed by atoms with van der Waals surface area (Å²) < 4.78 is 23.7. The molecule has 4 aromatic carbocycles. The van der Waals surface area contributed by atoms with Crippen molar-refractivity contribution < 1.29 is 38.4 Å². The molecule has 0 spiro atoms. The van der Waals surface area contributed by atoms with E-state index >= 15 is 0 Å². The normalized spacial score (nSPS) is 21.2. The summed E-state index contributed by atoms with van der Waals surface area (Å²) in [6.07, 6.45) is 4.29. The number of carbonyl (C=O) groups excluding carboxylic acids is 2. The first-order valence-electron chi connectivity index (χ1n) is 23.9. The number of halogens is 1. The molecule has 4 bridgehead atoms. The van der Waals surface area contributed by atoms with Gasteiger partial charge >= 0.3 is 17.9 Å². The SMILES string of the molecule is COC(=O)C1C2CCC1CN(c1nc(-c3cc(C)ccc3OCc3ccc(Br)cc3C)cs1)C2.COC(=O)C1C2CCC1CN(c1nc(-c3cc(C)ccc3OCc3ccc(C(=O)O)cc3C)cs1)C2. The molecular weight excluding hydrogens is 989 g/mol. The molecule has 12 nitrogen and oxygen atoms in total. The van der Waals surface area contributed by atoms with Gasteiger partial charge in [0.1, 0.15) is 24.7 Å². The van der Waals surface area contributed by atoms with E-state index in [1.165, 1.54) is 25.3 Å². The molecule has 4 atom stereocenters. The van der Waals surface area contributed by atoms with Crippen molar-refractivity contribution in [1.82, 2.24) is 9.97 Å². The first-order valence-corrected chi connectivity index (χ1v) is 26.4. The lowest BCUT2D eigenvalue weighted by molar-refractivity contribution is -0.149. The number of nitrogens with zero attached hydrogens (tertiary/aromatic N) is 4. The molecule has 4 aliphatic rings. The van der Waals surface area contributed by atoms with E-state index in [-0.39, 0.29) is 29.3 Å². The Balaban J connectivity index is 0.000000174. The van der Waals surface area contributed by atoms with Gasteiger partial charge in [-0.15, -0.1) is 22.7 Å². The number of hydrogen-bond acceptors (Lipinski definition) is 13. The minimum Gasteiger partial charge on any atom is -0.488 e. The van der Waals surface area contributed by atoms with Gasteiger partial charge in [0.15, 0.2) is 10.3 Å². The Morgan fingerprint density at radius 3 is 1.44 bits per heavy atom. The number of aromatic carboxylic acids is 1. The number of aryl methyl sites for hydroxylation is 4. The quantitative estimate of drug-likeness (QED) is 0.110. The van der Waals surface area contributed by atoms with Crippen LogP contribution in [0, 0.1) is 63.2 Å². The third kappa shape index (κ3) is 10.6. The van der Waals surface area contributed by atoms with Crippen LogP contribution < -0.4 is 19.3 Å². The number of esters is 2. The van der Waals surface area contributed by atoms with Gasteiger partial charge in [0, 0.05) is 52.5 Å². The number of ether oxygens (including phenoxy) is 4. The maximum atomic E-state index is 12.3. The zero-order valence-corrected chi connectivity index (χ0v) is 43.6.